The van der Waals surface area contributed by atoms with Crippen molar-refractivity contribution in [1.29, 1.82) is 0 Å². The van der Waals surface area contributed by atoms with E-state index in [2.05, 4.69) is 0 Å². The normalized spacial score (nSPS) is 27.8. The van der Waals surface area contributed by atoms with Crippen LogP contribution in [0.4, 0.5) is 14.9 Å². The quantitative estimate of drug-likeness (QED) is 0.366. The number of halogens is 1. The third kappa shape index (κ3) is 6.78. The Morgan fingerprint density at radius 3 is 2.65 bits per heavy atom. The number of methoxy groups -OCH3 is 1. The van der Waals surface area contributed by atoms with Gasteiger partial charge in [-0.3, -0.25) is 4.79 Å². The molecule has 0 spiro atoms. The van der Waals surface area contributed by atoms with Crippen LogP contribution in [0.3, 0.4) is 0 Å². The van der Waals surface area contributed by atoms with E-state index in [0.717, 1.165) is 0 Å². The number of carbonyl (C=O) groups is 2. The van der Waals surface area contributed by atoms with E-state index in [-0.39, 0.29) is 24.5 Å². The topological polar surface area (TPSA) is 104 Å². The SMILES string of the molecule is [B]C(=O)N(C)c1cc2c(c(OCOC)c1)C(=O)O[C@@H](C)[C@H](C)C=C(F)[C@@H](O)[C@H]1OC(C)(C)O[C@H]1CC=C2. The second kappa shape index (κ2) is 11.8. The fourth-order valence-electron chi connectivity index (χ4n) is 4.15. The van der Waals surface area contributed by atoms with E-state index in [9.17, 15) is 14.7 Å². The maximum absolute atomic E-state index is 15.0. The fourth-order valence-corrected chi connectivity index (χ4v) is 4.15. The number of hydrogen-bond acceptors (Lipinski definition) is 8. The van der Waals surface area contributed by atoms with Crippen LogP contribution < -0.4 is 9.64 Å². The highest BCUT2D eigenvalue weighted by Crippen LogP contribution is 2.36. The van der Waals surface area contributed by atoms with Gasteiger partial charge in [-0.25, -0.2) is 9.18 Å². The molecule has 2 aliphatic heterocycles. The Morgan fingerprint density at radius 1 is 1.30 bits per heavy atom. The molecule has 37 heavy (non-hydrogen) atoms. The maximum atomic E-state index is 15.0. The first-order valence-corrected chi connectivity index (χ1v) is 12.0. The summed E-state index contributed by atoms with van der Waals surface area (Å²) < 4.78 is 43.1. The zero-order chi connectivity index (χ0) is 27.5. The number of aliphatic hydroxyl groups is 1. The minimum Gasteiger partial charge on any atom is -0.467 e. The number of anilines is 1. The highest BCUT2D eigenvalue weighted by molar-refractivity contribution is 6.60. The van der Waals surface area contributed by atoms with Crippen LogP contribution in [0.5, 0.6) is 5.75 Å². The summed E-state index contributed by atoms with van der Waals surface area (Å²) in [6, 6.07) is 3.08. The van der Waals surface area contributed by atoms with E-state index < -0.39 is 53.7 Å². The van der Waals surface area contributed by atoms with E-state index in [0.29, 0.717) is 11.3 Å². The summed E-state index contributed by atoms with van der Waals surface area (Å²) >= 11 is 0. The van der Waals surface area contributed by atoms with Crippen molar-refractivity contribution in [3.05, 3.63) is 41.2 Å². The van der Waals surface area contributed by atoms with Gasteiger partial charge in [-0.1, -0.05) is 19.1 Å². The number of nitrogens with zero attached hydrogens (tertiary/aromatic N) is 1. The zero-order valence-corrected chi connectivity index (χ0v) is 21.9. The second-order valence-electron chi connectivity index (χ2n) is 9.60. The van der Waals surface area contributed by atoms with Crippen LogP contribution in [-0.2, 0) is 18.9 Å². The highest BCUT2D eigenvalue weighted by atomic mass is 19.1. The van der Waals surface area contributed by atoms with Crippen LogP contribution in [0, 0.1) is 5.92 Å². The first-order chi connectivity index (χ1) is 17.3. The van der Waals surface area contributed by atoms with Crippen molar-refractivity contribution < 1.29 is 42.8 Å². The molecule has 1 aromatic rings. The standard InChI is InChI=1S/C26H33BFNO8/c1-14-10-18(28)22(30)23-19(36-26(3,4)37-23)9-7-8-16-11-17(29(5)25(27)32)12-20(34-13-33-6)21(16)24(31)35-15(14)2/h7-8,10-12,14-15,19,22-23,30H,9,13H2,1-6H3/t14-,15+,19+,22-,23+/m1/s1. The Kier molecular flexibility index (Phi) is 9.17. The number of aliphatic hydroxyl groups excluding tert-OH is 1. The number of cyclic esters (lactones) is 1. The molecule has 3 rings (SSSR count). The summed E-state index contributed by atoms with van der Waals surface area (Å²) in [6.07, 6.45) is 0.816. The molecule has 9 nitrogen and oxygen atoms in total. The van der Waals surface area contributed by atoms with E-state index in [4.69, 9.17) is 31.5 Å². The van der Waals surface area contributed by atoms with Gasteiger partial charge in [-0.15, -0.1) is 0 Å². The van der Waals surface area contributed by atoms with E-state index in [1.165, 1.54) is 31.2 Å². The van der Waals surface area contributed by atoms with Crippen LogP contribution in [0.15, 0.2) is 30.1 Å². The molecule has 0 bridgehead atoms. The zero-order valence-electron chi connectivity index (χ0n) is 21.9. The van der Waals surface area contributed by atoms with E-state index in [1.807, 2.05) is 0 Å². The summed E-state index contributed by atoms with van der Waals surface area (Å²) in [6.45, 7) is 6.48. The van der Waals surface area contributed by atoms with Crippen molar-refractivity contribution in [1.82, 2.24) is 0 Å². The Morgan fingerprint density at radius 2 is 2.00 bits per heavy atom. The summed E-state index contributed by atoms with van der Waals surface area (Å²) in [7, 11) is 8.37. The molecule has 2 radical (unpaired) electrons. The van der Waals surface area contributed by atoms with Crippen molar-refractivity contribution >= 4 is 31.4 Å². The number of hydrogen-bond donors (Lipinski definition) is 1. The van der Waals surface area contributed by atoms with Gasteiger partial charge in [0.15, 0.2) is 18.4 Å². The number of rotatable bonds is 4. The molecule has 0 saturated carbocycles. The molecule has 2 aliphatic rings. The van der Waals surface area contributed by atoms with Crippen molar-refractivity contribution in [3.8, 4) is 5.75 Å². The molecule has 1 aromatic carbocycles. The Labute approximate surface area is 217 Å². The average molecular weight is 517 g/mol. The Hall–Kier alpha value is -2.73. The largest absolute Gasteiger partial charge is 0.467 e. The predicted octanol–water partition coefficient (Wildman–Crippen LogP) is 3.73. The van der Waals surface area contributed by atoms with Crippen molar-refractivity contribution in [2.45, 2.75) is 64.3 Å². The first kappa shape index (κ1) is 28.8. The average Bonchev–Trinajstić information content (AvgIpc) is 3.14. The number of esters is 1. The summed E-state index contributed by atoms with van der Waals surface area (Å²) in [4.78, 5) is 26.4. The second-order valence-corrected chi connectivity index (χ2v) is 9.60. The summed E-state index contributed by atoms with van der Waals surface area (Å²) in [5, 5.41) is 10.7. The van der Waals surface area contributed by atoms with Gasteiger partial charge < -0.3 is 33.7 Å². The molecule has 200 valence electrons. The van der Waals surface area contributed by atoms with Crippen LogP contribution in [-0.4, -0.2) is 75.9 Å². The van der Waals surface area contributed by atoms with Gasteiger partial charge in [-0.2, -0.15) is 0 Å². The third-order valence-corrected chi connectivity index (χ3v) is 6.31. The molecule has 1 saturated heterocycles. The molecule has 5 atom stereocenters. The fraction of sp³-hybridized carbons (Fsp3) is 0.538. The lowest BCUT2D eigenvalue weighted by Crippen LogP contribution is -2.36. The van der Waals surface area contributed by atoms with Gasteiger partial charge in [0.1, 0.15) is 35.5 Å². The van der Waals surface area contributed by atoms with E-state index >= 15 is 4.39 Å². The molecule has 11 heteroatoms. The van der Waals surface area contributed by atoms with Gasteiger partial charge in [-0.05, 0) is 44.9 Å². The smallest absolute Gasteiger partial charge is 0.342 e. The minimum absolute atomic E-state index is 0.0935. The third-order valence-electron chi connectivity index (χ3n) is 6.31. The molecule has 1 fully saturated rings. The Bertz CT molecular complexity index is 1070. The summed E-state index contributed by atoms with van der Waals surface area (Å²) in [5.74, 6) is -3.73. The van der Waals surface area contributed by atoms with Gasteiger partial charge >= 0.3 is 5.97 Å². The molecule has 1 amide bonds. The van der Waals surface area contributed by atoms with Gasteiger partial charge in [0, 0.05) is 31.8 Å². The van der Waals surface area contributed by atoms with E-state index in [1.54, 1.807) is 45.9 Å². The lowest BCUT2D eigenvalue weighted by Gasteiger charge is -2.24. The van der Waals surface area contributed by atoms with Gasteiger partial charge in [0.25, 0.3) is 0 Å². The number of fused-ring (bicyclic) bond motifs is 2. The lowest BCUT2D eigenvalue weighted by atomic mass is 9.98. The monoisotopic (exact) mass is 517 g/mol. The van der Waals surface area contributed by atoms with Crippen molar-refractivity contribution in [3.63, 3.8) is 0 Å². The van der Waals surface area contributed by atoms with Crippen LogP contribution in [0.1, 0.15) is 50.0 Å². The molecular formula is C26H33BFNO8. The molecule has 1 N–H and O–H groups in total. The number of amides is 1. The number of ether oxygens (including phenoxy) is 5. The van der Waals surface area contributed by atoms with Crippen molar-refractivity contribution in [2.75, 3.05) is 25.9 Å². The molecule has 0 aliphatic carbocycles. The Balaban J connectivity index is 2.15. The van der Waals surface area contributed by atoms with Gasteiger partial charge in [0.2, 0.25) is 7.85 Å². The minimum atomic E-state index is -1.56. The molecule has 0 aromatic heterocycles. The number of benzene rings is 1. The first-order valence-electron chi connectivity index (χ1n) is 12.0. The highest BCUT2D eigenvalue weighted by Gasteiger charge is 2.45. The predicted molar refractivity (Wildman–Crippen MR) is 135 cm³/mol. The van der Waals surface area contributed by atoms with Crippen molar-refractivity contribution in [2.24, 2.45) is 5.92 Å². The van der Waals surface area contributed by atoms with Crippen LogP contribution in [0.25, 0.3) is 6.08 Å². The molecular weight excluding hydrogens is 484 g/mol. The van der Waals surface area contributed by atoms with Crippen LogP contribution >= 0.6 is 0 Å². The van der Waals surface area contributed by atoms with Gasteiger partial charge in [0.05, 0.1) is 6.10 Å². The number of carbonyl (C=O) groups excluding carboxylic acids is 2. The molecule has 2 heterocycles. The molecule has 0 unspecified atom stereocenters. The van der Waals surface area contributed by atoms with Crippen LogP contribution in [0.2, 0.25) is 0 Å². The maximum Gasteiger partial charge on any atom is 0.342 e. The lowest BCUT2D eigenvalue weighted by molar-refractivity contribution is -0.153. The summed E-state index contributed by atoms with van der Waals surface area (Å²) in [5.41, 5.74) is 0.851.